The number of benzene rings is 2. The summed E-state index contributed by atoms with van der Waals surface area (Å²) in [5, 5.41) is 12.3. The molecule has 50 heavy (non-hydrogen) atoms. The zero-order valence-corrected chi connectivity index (χ0v) is 28.9. The van der Waals surface area contributed by atoms with Gasteiger partial charge < -0.3 is 34.6 Å². The average molecular weight is 685 g/mol. The number of amides is 3. The first-order chi connectivity index (χ1) is 24.3. The van der Waals surface area contributed by atoms with Gasteiger partial charge in [0.2, 0.25) is 11.8 Å². The first-order valence-electron chi connectivity index (χ1n) is 17.9. The molecule has 4 heterocycles. The zero-order chi connectivity index (χ0) is 35.3. The maximum atomic E-state index is 15.0. The van der Waals surface area contributed by atoms with Gasteiger partial charge in [-0.3, -0.25) is 19.2 Å². The van der Waals surface area contributed by atoms with Gasteiger partial charge in [0.05, 0.1) is 18.6 Å². The highest BCUT2D eigenvalue weighted by molar-refractivity contribution is 6.05. The Bertz CT molecular complexity index is 1590. The Morgan fingerprint density at radius 1 is 0.940 bits per heavy atom. The zero-order valence-electron chi connectivity index (χ0n) is 28.9. The average Bonchev–Trinajstić information content (AvgIpc) is 3.78. The van der Waals surface area contributed by atoms with Gasteiger partial charge in [0.1, 0.15) is 23.7 Å². The number of aliphatic hydroxyl groups excluding tert-OH is 1. The van der Waals surface area contributed by atoms with Crippen LogP contribution in [-0.4, -0.2) is 90.8 Å². The van der Waals surface area contributed by atoms with Crippen molar-refractivity contribution in [1.29, 1.82) is 0 Å². The number of hydrogen-bond acceptors (Lipinski definition) is 8. The Morgan fingerprint density at radius 3 is 2.42 bits per heavy atom. The molecule has 0 aliphatic carbocycles. The highest BCUT2D eigenvalue weighted by Gasteiger charge is 2.73. The van der Waals surface area contributed by atoms with Crippen molar-refractivity contribution in [2.75, 3.05) is 49.1 Å². The van der Waals surface area contributed by atoms with Crippen LogP contribution in [0.25, 0.3) is 0 Å². The molecule has 5 bridgehead atoms. The van der Waals surface area contributed by atoms with Crippen molar-refractivity contribution in [3.63, 3.8) is 0 Å². The summed E-state index contributed by atoms with van der Waals surface area (Å²) in [6.45, 7) is 6.47. The minimum atomic E-state index is -1.35. The predicted octanol–water partition coefficient (Wildman–Crippen LogP) is 3.93. The first kappa shape index (κ1) is 35.3. The fourth-order valence-electron chi connectivity index (χ4n) is 7.85. The number of likely N-dealkylation sites (tertiary alicyclic amines) is 1. The van der Waals surface area contributed by atoms with Crippen LogP contribution in [0, 0.1) is 11.8 Å². The molecule has 2 aromatic carbocycles. The molecule has 11 heteroatoms. The van der Waals surface area contributed by atoms with Gasteiger partial charge in [0.15, 0.2) is 0 Å². The highest BCUT2D eigenvalue weighted by Crippen LogP contribution is 2.56. The smallest absolute Gasteiger partial charge is 0.313 e. The lowest BCUT2D eigenvalue weighted by atomic mass is 9.74. The van der Waals surface area contributed by atoms with Gasteiger partial charge in [-0.25, -0.2) is 0 Å². The Morgan fingerprint density at radius 2 is 1.70 bits per heavy atom. The molecule has 1 spiro atoms. The second kappa shape index (κ2) is 15.6. The Hall–Kier alpha value is -4.48. The lowest BCUT2D eigenvalue weighted by molar-refractivity contribution is -0.159. The number of hydrogen-bond donors (Lipinski definition) is 2. The number of cyclic esters (lactones) is 1. The topological polar surface area (TPSA) is 129 Å². The van der Waals surface area contributed by atoms with Crippen molar-refractivity contribution in [3.8, 4) is 0 Å². The summed E-state index contributed by atoms with van der Waals surface area (Å²) in [7, 11) is 0. The minimum Gasteiger partial charge on any atom is -0.455 e. The number of ether oxygens (including phenoxy) is 2. The van der Waals surface area contributed by atoms with Crippen molar-refractivity contribution in [2.45, 2.75) is 69.8 Å². The Labute approximate surface area is 293 Å². The molecule has 2 N–H and O–H groups in total. The molecular weight excluding hydrogens is 636 g/mol. The summed E-state index contributed by atoms with van der Waals surface area (Å²) in [6, 6.07) is 16.0. The van der Waals surface area contributed by atoms with Crippen molar-refractivity contribution in [3.05, 3.63) is 84.5 Å². The van der Waals surface area contributed by atoms with E-state index in [9.17, 15) is 19.5 Å². The van der Waals surface area contributed by atoms with Crippen molar-refractivity contribution >= 4 is 35.1 Å². The van der Waals surface area contributed by atoms with E-state index in [0.29, 0.717) is 36.9 Å². The van der Waals surface area contributed by atoms with E-state index in [1.165, 1.54) is 0 Å². The minimum absolute atomic E-state index is 0.0386. The van der Waals surface area contributed by atoms with Crippen LogP contribution in [0.1, 0.15) is 57.6 Å². The quantitative estimate of drug-likeness (QED) is 0.219. The molecule has 266 valence electrons. The third-order valence-corrected chi connectivity index (χ3v) is 10.4. The van der Waals surface area contributed by atoms with Crippen LogP contribution < -0.4 is 15.1 Å². The molecule has 4 aliphatic heterocycles. The third kappa shape index (κ3) is 6.81. The number of unbranched alkanes of at least 4 members (excludes halogenated alkanes) is 2. The summed E-state index contributed by atoms with van der Waals surface area (Å²) in [6.07, 6.45) is 8.34. The molecular formula is C39H48N4O7. The van der Waals surface area contributed by atoms with E-state index in [1.54, 1.807) is 22.0 Å². The molecule has 2 fully saturated rings. The maximum absolute atomic E-state index is 15.0. The molecule has 0 saturated carbocycles. The molecule has 2 saturated heterocycles. The molecule has 4 aliphatic rings. The second-order valence-electron chi connectivity index (χ2n) is 13.3. The number of carbonyl (C=O) groups is 4. The predicted molar refractivity (Wildman–Crippen MR) is 189 cm³/mol. The lowest BCUT2D eigenvalue weighted by Crippen LogP contribution is -2.56. The molecule has 6 atom stereocenters. The van der Waals surface area contributed by atoms with Crippen LogP contribution in [0.4, 0.5) is 11.4 Å². The number of nitrogens with one attached hydrogen (secondary N) is 1. The Kier molecular flexibility index (Phi) is 11.0. The molecule has 2 aromatic rings. The summed E-state index contributed by atoms with van der Waals surface area (Å²) in [5.74, 6) is -3.35. The van der Waals surface area contributed by atoms with Crippen molar-refractivity contribution in [1.82, 2.24) is 10.2 Å². The van der Waals surface area contributed by atoms with Gasteiger partial charge >= 0.3 is 5.97 Å². The van der Waals surface area contributed by atoms with E-state index in [-0.39, 0.29) is 50.4 Å². The van der Waals surface area contributed by atoms with Crippen LogP contribution in [0.15, 0.2) is 78.9 Å². The fourth-order valence-corrected chi connectivity index (χ4v) is 7.85. The number of anilines is 2. The van der Waals surface area contributed by atoms with Crippen molar-refractivity contribution < 1.29 is 33.8 Å². The molecule has 11 nitrogen and oxygen atoms in total. The van der Waals surface area contributed by atoms with Gasteiger partial charge in [-0.15, -0.1) is 0 Å². The van der Waals surface area contributed by atoms with E-state index >= 15 is 4.79 Å². The number of rotatable bonds is 10. The van der Waals surface area contributed by atoms with Gasteiger partial charge in [-0.1, -0.05) is 54.6 Å². The number of nitrogens with zero attached hydrogens (tertiary/aromatic N) is 3. The monoisotopic (exact) mass is 684 g/mol. The van der Waals surface area contributed by atoms with Gasteiger partial charge in [-0.2, -0.15) is 0 Å². The van der Waals surface area contributed by atoms with Crippen LogP contribution in [0.2, 0.25) is 0 Å². The standard InChI is InChI=1S/C39H48N4O7/c1-3-41(4-2)28-17-19-29(20-18-28)42-23-11-6-10-16-32(45)40-26-31(27-14-8-5-9-15-27)49-38(48)33-30-21-22-39(50-30)34(33)36(46)43(35(39)37(42)47)24-12-7-13-25-44/h5-6,8-9,11,14-15,17-22,30-31,33-35,44H,3-4,7,10,12-13,16,23-26H2,1-2H3,(H,40,45)/b11-6-/t30-,31-,33+,34+,35-,39+/m1/s1. The third-order valence-electron chi connectivity index (χ3n) is 10.4. The van der Waals surface area contributed by atoms with E-state index in [4.69, 9.17) is 9.47 Å². The summed E-state index contributed by atoms with van der Waals surface area (Å²) in [5.41, 5.74) is 1.06. The first-order valence-corrected chi connectivity index (χ1v) is 17.9. The van der Waals surface area contributed by atoms with Crippen LogP contribution in [0.3, 0.4) is 0 Å². The van der Waals surface area contributed by atoms with E-state index in [2.05, 4.69) is 24.1 Å². The fraction of sp³-hybridized carbons (Fsp3) is 0.487. The van der Waals surface area contributed by atoms with Gasteiger partial charge in [-0.05, 0) is 69.4 Å². The SMILES string of the molecule is CCN(CC)c1ccc(N2C/C=C\CCC(=O)NC[C@H](c3ccccc3)OC(=O)[C@@H]3[C@H]4C(=O)N(CCCCCO)[C@H](C2=O)[C@]42C=C[C@H]3O2)cc1. The Balaban J connectivity index is 1.40. The summed E-state index contributed by atoms with van der Waals surface area (Å²) in [4.78, 5) is 62.0. The number of fused-ring (bicyclic) bond motifs is 2. The maximum Gasteiger partial charge on any atom is 0.313 e. The molecule has 3 amide bonds. The van der Waals surface area contributed by atoms with E-state index in [1.807, 2.05) is 66.7 Å². The molecule has 0 radical (unpaired) electrons. The van der Waals surface area contributed by atoms with E-state index < -0.39 is 41.7 Å². The largest absolute Gasteiger partial charge is 0.455 e. The van der Waals surface area contributed by atoms with Crippen LogP contribution in [0.5, 0.6) is 0 Å². The highest BCUT2D eigenvalue weighted by atomic mass is 16.6. The normalized spacial score (nSPS) is 28.8. The molecule has 0 aromatic heterocycles. The molecule has 6 rings (SSSR count). The molecule has 0 unspecified atom stereocenters. The number of aliphatic hydroxyl groups is 1. The van der Waals surface area contributed by atoms with Gasteiger partial charge in [0, 0.05) is 50.6 Å². The summed E-state index contributed by atoms with van der Waals surface area (Å²) >= 11 is 0. The second-order valence-corrected chi connectivity index (χ2v) is 13.3. The number of allylic oxidation sites excluding steroid dienone is 1. The van der Waals surface area contributed by atoms with Gasteiger partial charge in [0.25, 0.3) is 5.91 Å². The van der Waals surface area contributed by atoms with E-state index in [0.717, 1.165) is 18.8 Å². The van der Waals surface area contributed by atoms with Crippen molar-refractivity contribution in [2.24, 2.45) is 11.8 Å². The lowest BCUT2D eigenvalue weighted by Gasteiger charge is -2.36. The van der Waals surface area contributed by atoms with Crippen LogP contribution in [-0.2, 0) is 28.7 Å². The number of esters is 1. The van der Waals surface area contributed by atoms with Crippen LogP contribution >= 0.6 is 0 Å². The summed E-state index contributed by atoms with van der Waals surface area (Å²) < 4.78 is 12.7. The number of carbonyl (C=O) groups excluding carboxylic acids is 4.